The quantitative estimate of drug-likeness (QED) is 0.772. The molecular formula is C14H17N5. The van der Waals surface area contributed by atoms with Gasteiger partial charge in [0.05, 0.1) is 17.1 Å². The monoisotopic (exact) mass is 255 g/mol. The number of para-hydroxylation sites is 2. The van der Waals surface area contributed by atoms with Gasteiger partial charge in [0.15, 0.2) is 0 Å². The van der Waals surface area contributed by atoms with E-state index < -0.39 is 0 Å². The Bertz CT molecular complexity index is 710. The van der Waals surface area contributed by atoms with E-state index in [0.29, 0.717) is 6.42 Å². The fourth-order valence-electron chi connectivity index (χ4n) is 2.40. The number of rotatable bonds is 3. The Kier molecular flexibility index (Phi) is 2.83. The second-order valence-electron chi connectivity index (χ2n) is 4.78. The summed E-state index contributed by atoms with van der Waals surface area (Å²) in [6, 6.07) is 7.96. The zero-order valence-electron chi connectivity index (χ0n) is 11.1. The molecule has 0 spiro atoms. The zero-order chi connectivity index (χ0) is 13.4. The van der Waals surface area contributed by atoms with Gasteiger partial charge >= 0.3 is 0 Å². The molecule has 1 aromatic carbocycles. The lowest BCUT2D eigenvalue weighted by molar-refractivity contribution is 0.603. The molecule has 2 N–H and O–H groups in total. The number of hydrogen-bond acceptors (Lipinski definition) is 3. The highest BCUT2D eigenvalue weighted by molar-refractivity contribution is 5.75. The highest BCUT2D eigenvalue weighted by Crippen LogP contribution is 2.18. The van der Waals surface area contributed by atoms with Gasteiger partial charge in [-0.1, -0.05) is 12.1 Å². The maximum Gasteiger partial charge on any atom is 0.125 e. The van der Waals surface area contributed by atoms with E-state index in [1.807, 2.05) is 43.1 Å². The Hall–Kier alpha value is -2.14. The van der Waals surface area contributed by atoms with Crippen molar-refractivity contribution in [3.05, 3.63) is 48.3 Å². The van der Waals surface area contributed by atoms with E-state index in [0.717, 1.165) is 22.7 Å². The fraction of sp³-hybridized carbons (Fsp3) is 0.286. The van der Waals surface area contributed by atoms with Crippen molar-refractivity contribution in [3.8, 4) is 0 Å². The van der Waals surface area contributed by atoms with Crippen molar-refractivity contribution in [1.82, 2.24) is 19.1 Å². The van der Waals surface area contributed by atoms with Crippen LogP contribution in [-0.2, 0) is 20.5 Å². The summed E-state index contributed by atoms with van der Waals surface area (Å²) >= 11 is 0. The molecule has 0 aliphatic rings. The van der Waals surface area contributed by atoms with E-state index in [1.165, 1.54) is 0 Å². The third-order valence-corrected chi connectivity index (χ3v) is 3.47. The van der Waals surface area contributed by atoms with Crippen LogP contribution in [0.25, 0.3) is 11.0 Å². The second-order valence-corrected chi connectivity index (χ2v) is 4.78. The fourth-order valence-corrected chi connectivity index (χ4v) is 2.40. The summed E-state index contributed by atoms with van der Waals surface area (Å²) < 4.78 is 4.05. The molecule has 5 heteroatoms. The summed E-state index contributed by atoms with van der Waals surface area (Å²) in [5.41, 5.74) is 8.36. The minimum Gasteiger partial charge on any atom is -0.337 e. The minimum atomic E-state index is -0.143. The van der Waals surface area contributed by atoms with Gasteiger partial charge in [0.1, 0.15) is 11.6 Å². The van der Waals surface area contributed by atoms with Gasteiger partial charge in [-0.2, -0.15) is 0 Å². The van der Waals surface area contributed by atoms with Crippen LogP contribution in [-0.4, -0.2) is 19.1 Å². The summed E-state index contributed by atoms with van der Waals surface area (Å²) in [6.45, 7) is 0. The molecule has 0 aliphatic heterocycles. The van der Waals surface area contributed by atoms with E-state index in [1.54, 1.807) is 6.20 Å². The summed E-state index contributed by atoms with van der Waals surface area (Å²) in [4.78, 5) is 8.93. The van der Waals surface area contributed by atoms with Gasteiger partial charge in [-0.05, 0) is 12.1 Å². The number of aryl methyl sites for hydroxylation is 2. The summed E-state index contributed by atoms with van der Waals surface area (Å²) in [6.07, 6.45) is 4.35. The molecule has 3 aromatic rings. The molecule has 0 bridgehead atoms. The van der Waals surface area contributed by atoms with E-state index >= 15 is 0 Å². The Balaban J connectivity index is 1.93. The molecule has 5 nitrogen and oxygen atoms in total. The highest BCUT2D eigenvalue weighted by Gasteiger charge is 2.15. The zero-order valence-corrected chi connectivity index (χ0v) is 11.1. The van der Waals surface area contributed by atoms with Crippen LogP contribution in [0.2, 0.25) is 0 Å². The maximum absolute atomic E-state index is 6.23. The Morgan fingerprint density at radius 2 is 2.05 bits per heavy atom. The van der Waals surface area contributed by atoms with Crippen LogP contribution in [0.4, 0.5) is 0 Å². The first-order chi connectivity index (χ1) is 9.16. The third-order valence-electron chi connectivity index (χ3n) is 3.47. The standard InChI is InChI=1S/C14H17N5/c1-18-8-7-16-14(18)10(15)9-13-17-11-5-3-4-6-12(11)19(13)2/h3-8,10H,9,15H2,1-2H3. The summed E-state index contributed by atoms with van der Waals surface area (Å²) in [7, 11) is 3.98. The maximum atomic E-state index is 6.23. The van der Waals surface area contributed by atoms with Crippen molar-refractivity contribution in [1.29, 1.82) is 0 Å². The molecule has 1 unspecified atom stereocenters. The Labute approximate surface area is 111 Å². The van der Waals surface area contributed by atoms with Crippen molar-refractivity contribution < 1.29 is 0 Å². The van der Waals surface area contributed by atoms with Crippen molar-refractivity contribution in [2.45, 2.75) is 12.5 Å². The molecule has 0 saturated heterocycles. The average molecular weight is 255 g/mol. The van der Waals surface area contributed by atoms with Gasteiger partial charge in [0.2, 0.25) is 0 Å². The van der Waals surface area contributed by atoms with Gasteiger partial charge < -0.3 is 14.9 Å². The number of fused-ring (bicyclic) bond motifs is 1. The molecule has 0 aliphatic carbocycles. The number of benzene rings is 1. The van der Waals surface area contributed by atoms with Crippen LogP contribution in [0.15, 0.2) is 36.7 Å². The van der Waals surface area contributed by atoms with Crippen LogP contribution in [0, 0.1) is 0 Å². The smallest absolute Gasteiger partial charge is 0.125 e. The van der Waals surface area contributed by atoms with Crippen molar-refractivity contribution in [2.24, 2.45) is 19.8 Å². The molecular weight excluding hydrogens is 238 g/mol. The first kappa shape index (κ1) is 11.9. The largest absolute Gasteiger partial charge is 0.337 e. The Morgan fingerprint density at radius 3 is 2.74 bits per heavy atom. The van der Waals surface area contributed by atoms with Gasteiger partial charge in [0, 0.05) is 32.9 Å². The van der Waals surface area contributed by atoms with E-state index in [4.69, 9.17) is 5.73 Å². The van der Waals surface area contributed by atoms with E-state index in [9.17, 15) is 0 Å². The van der Waals surface area contributed by atoms with Crippen LogP contribution >= 0.6 is 0 Å². The number of nitrogens with two attached hydrogens (primary N) is 1. The molecule has 98 valence electrons. The predicted octanol–water partition coefficient (Wildman–Crippen LogP) is 1.55. The normalized spacial score (nSPS) is 13.0. The van der Waals surface area contributed by atoms with Crippen molar-refractivity contribution in [2.75, 3.05) is 0 Å². The number of aromatic nitrogens is 4. The lowest BCUT2D eigenvalue weighted by atomic mass is 10.2. The van der Waals surface area contributed by atoms with Crippen LogP contribution < -0.4 is 5.73 Å². The van der Waals surface area contributed by atoms with Crippen LogP contribution in [0.1, 0.15) is 17.7 Å². The topological polar surface area (TPSA) is 61.7 Å². The van der Waals surface area contributed by atoms with E-state index in [2.05, 4.69) is 20.6 Å². The lowest BCUT2D eigenvalue weighted by Gasteiger charge is -2.11. The highest BCUT2D eigenvalue weighted by atomic mass is 15.1. The van der Waals surface area contributed by atoms with Gasteiger partial charge in [-0.3, -0.25) is 0 Å². The Morgan fingerprint density at radius 1 is 1.26 bits per heavy atom. The molecule has 2 heterocycles. The predicted molar refractivity (Wildman–Crippen MR) is 74.6 cm³/mol. The summed E-state index contributed by atoms with van der Waals surface area (Å²) in [5.74, 6) is 1.86. The van der Waals surface area contributed by atoms with Crippen molar-refractivity contribution in [3.63, 3.8) is 0 Å². The van der Waals surface area contributed by atoms with Gasteiger partial charge in [-0.25, -0.2) is 9.97 Å². The van der Waals surface area contributed by atoms with Crippen LogP contribution in [0.3, 0.4) is 0 Å². The lowest BCUT2D eigenvalue weighted by Crippen LogP contribution is -2.19. The molecule has 0 fully saturated rings. The molecule has 2 aromatic heterocycles. The SMILES string of the molecule is Cn1ccnc1C(N)Cc1nc2ccccc2n1C. The number of hydrogen-bond donors (Lipinski definition) is 1. The van der Waals surface area contributed by atoms with Gasteiger partial charge in [0.25, 0.3) is 0 Å². The molecule has 3 rings (SSSR count). The molecule has 0 saturated carbocycles. The molecule has 19 heavy (non-hydrogen) atoms. The van der Waals surface area contributed by atoms with E-state index in [-0.39, 0.29) is 6.04 Å². The summed E-state index contributed by atoms with van der Waals surface area (Å²) in [5, 5.41) is 0. The molecule has 0 amide bonds. The first-order valence-corrected chi connectivity index (χ1v) is 6.30. The molecule has 0 radical (unpaired) electrons. The third kappa shape index (κ3) is 2.02. The average Bonchev–Trinajstić information content (AvgIpc) is 2.95. The number of imidazole rings is 2. The number of nitrogens with zero attached hydrogens (tertiary/aromatic N) is 4. The van der Waals surface area contributed by atoms with Crippen LogP contribution in [0.5, 0.6) is 0 Å². The van der Waals surface area contributed by atoms with Crippen molar-refractivity contribution >= 4 is 11.0 Å². The first-order valence-electron chi connectivity index (χ1n) is 6.30. The second kappa shape index (κ2) is 4.51. The molecule has 1 atom stereocenters. The van der Waals surface area contributed by atoms with Gasteiger partial charge in [-0.15, -0.1) is 0 Å². The minimum absolute atomic E-state index is 0.143.